The summed E-state index contributed by atoms with van der Waals surface area (Å²) in [6.07, 6.45) is 3.50. The van der Waals surface area contributed by atoms with Gasteiger partial charge in [-0.15, -0.1) is 0 Å². The van der Waals surface area contributed by atoms with Gasteiger partial charge in [0.2, 0.25) is 0 Å². The van der Waals surface area contributed by atoms with Gasteiger partial charge < -0.3 is 10.7 Å². The fraction of sp³-hybridized carbons (Fsp3) is 0.286. The van der Waals surface area contributed by atoms with Crippen LogP contribution in [0.3, 0.4) is 0 Å². The van der Waals surface area contributed by atoms with Crippen molar-refractivity contribution in [1.82, 2.24) is 4.98 Å². The van der Waals surface area contributed by atoms with Crippen molar-refractivity contribution in [2.24, 2.45) is 5.73 Å². The molecule has 0 unspecified atom stereocenters. The minimum atomic E-state index is -3.56. The van der Waals surface area contributed by atoms with E-state index in [1.165, 1.54) is 17.8 Å². The van der Waals surface area contributed by atoms with Crippen molar-refractivity contribution in [3.05, 3.63) is 47.8 Å². The van der Waals surface area contributed by atoms with E-state index in [1.54, 1.807) is 12.1 Å². The van der Waals surface area contributed by atoms with E-state index in [0.717, 1.165) is 12.8 Å². The molecule has 0 radical (unpaired) electrons. The summed E-state index contributed by atoms with van der Waals surface area (Å²) in [7, 11) is -3.56. The lowest BCUT2D eigenvalue weighted by Crippen LogP contribution is -2.12. The molecule has 1 aromatic heterocycles. The average Bonchev–Trinajstić information content (AvgIpc) is 2.91. The van der Waals surface area contributed by atoms with E-state index in [9.17, 15) is 8.42 Å². The molecule has 0 fully saturated rings. The second-order valence-electron chi connectivity index (χ2n) is 4.62. The molecule has 4 N–H and O–H groups in total. The lowest BCUT2D eigenvalue weighted by molar-refractivity contribution is 0.601. The monoisotopic (exact) mass is 293 g/mol. The van der Waals surface area contributed by atoms with Crippen molar-refractivity contribution in [2.45, 2.75) is 31.2 Å². The van der Waals surface area contributed by atoms with Crippen LogP contribution in [-0.2, 0) is 23.0 Å². The van der Waals surface area contributed by atoms with E-state index in [-0.39, 0.29) is 11.4 Å². The second-order valence-corrected chi connectivity index (χ2v) is 6.30. The summed E-state index contributed by atoms with van der Waals surface area (Å²) in [6, 6.07) is 8.96. The molecule has 0 atom stereocenters. The first kappa shape index (κ1) is 14.6. The lowest BCUT2D eigenvalue weighted by Gasteiger charge is -2.07. The first-order valence-electron chi connectivity index (χ1n) is 6.54. The number of hydrogen-bond acceptors (Lipinski definition) is 3. The molecule has 2 rings (SSSR count). The molecule has 5 nitrogen and oxygen atoms in total. The number of hydrogen-bond donors (Lipinski definition) is 3. The van der Waals surface area contributed by atoms with Gasteiger partial charge in [-0.2, -0.15) is 0 Å². The molecular formula is C14H19N3O2S. The van der Waals surface area contributed by atoms with Crippen LogP contribution >= 0.6 is 0 Å². The molecule has 0 amide bonds. The molecule has 0 aliphatic rings. The molecule has 2 aromatic rings. The van der Waals surface area contributed by atoms with Crippen LogP contribution < -0.4 is 10.5 Å². The summed E-state index contributed by atoms with van der Waals surface area (Å²) in [5.74, 6) is 0. The zero-order valence-corrected chi connectivity index (χ0v) is 12.2. The van der Waals surface area contributed by atoms with Gasteiger partial charge in [-0.1, -0.05) is 25.5 Å². The third-order valence-electron chi connectivity index (χ3n) is 2.99. The first-order valence-corrected chi connectivity index (χ1v) is 8.02. The van der Waals surface area contributed by atoms with E-state index in [1.807, 2.05) is 12.1 Å². The van der Waals surface area contributed by atoms with Gasteiger partial charge >= 0.3 is 0 Å². The van der Waals surface area contributed by atoms with Crippen LogP contribution in [0.15, 0.2) is 41.4 Å². The fourth-order valence-corrected chi connectivity index (χ4v) is 3.01. The largest absolute Gasteiger partial charge is 0.363 e. The molecule has 0 saturated carbocycles. The number of nitrogens with one attached hydrogen (secondary N) is 2. The molecule has 0 saturated heterocycles. The van der Waals surface area contributed by atoms with Crippen LogP contribution in [-0.4, -0.2) is 13.4 Å². The number of H-pyrrole nitrogens is 1. The van der Waals surface area contributed by atoms with Gasteiger partial charge in [0.1, 0.15) is 4.90 Å². The average molecular weight is 293 g/mol. The summed E-state index contributed by atoms with van der Waals surface area (Å²) in [4.78, 5) is 3.02. The van der Waals surface area contributed by atoms with Crippen molar-refractivity contribution in [3.63, 3.8) is 0 Å². The number of aryl methyl sites for hydroxylation is 1. The first-order chi connectivity index (χ1) is 9.55. The third kappa shape index (κ3) is 3.40. The highest BCUT2D eigenvalue weighted by Gasteiger charge is 2.15. The molecule has 1 heterocycles. The van der Waals surface area contributed by atoms with E-state index in [4.69, 9.17) is 5.73 Å². The van der Waals surface area contributed by atoms with E-state index in [0.29, 0.717) is 11.4 Å². The van der Waals surface area contributed by atoms with E-state index >= 15 is 0 Å². The number of sulfonamides is 1. The van der Waals surface area contributed by atoms with Gasteiger partial charge in [0, 0.05) is 24.1 Å². The molecule has 0 aliphatic heterocycles. The Labute approximate surface area is 119 Å². The Balaban J connectivity index is 2.15. The van der Waals surface area contributed by atoms with E-state index in [2.05, 4.69) is 16.6 Å². The smallest absolute Gasteiger partial charge is 0.263 e. The number of rotatable bonds is 6. The molecule has 6 heteroatoms. The number of nitrogens with two attached hydrogens (primary N) is 1. The summed E-state index contributed by atoms with van der Waals surface area (Å²) >= 11 is 0. The van der Waals surface area contributed by atoms with E-state index < -0.39 is 10.0 Å². The molecule has 0 spiro atoms. The predicted molar refractivity (Wildman–Crippen MR) is 79.9 cm³/mol. The zero-order valence-electron chi connectivity index (χ0n) is 11.4. The zero-order chi connectivity index (χ0) is 14.6. The maximum atomic E-state index is 12.2. The highest BCUT2D eigenvalue weighted by Crippen LogP contribution is 2.17. The van der Waals surface area contributed by atoms with Crippen LogP contribution in [0.1, 0.15) is 24.6 Å². The summed E-state index contributed by atoms with van der Waals surface area (Å²) in [5, 5.41) is 0. The van der Waals surface area contributed by atoms with Gasteiger partial charge in [0.25, 0.3) is 10.0 Å². The molecule has 1 aromatic carbocycles. The third-order valence-corrected chi connectivity index (χ3v) is 4.35. The maximum absolute atomic E-state index is 12.2. The highest BCUT2D eigenvalue weighted by molar-refractivity contribution is 7.92. The highest BCUT2D eigenvalue weighted by atomic mass is 32.2. The van der Waals surface area contributed by atoms with Crippen LogP contribution in [0.2, 0.25) is 0 Å². The maximum Gasteiger partial charge on any atom is 0.263 e. The second kappa shape index (κ2) is 6.11. The van der Waals surface area contributed by atoms with Gasteiger partial charge in [-0.25, -0.2) is 8.42 Å². The Morgan fingerprint density at radius 1 is 1.25 bits per heavy atom. The molecule has 108 valence electrons. The van der Waals surface area contributed by atoms with Gasteiger partial charge in [0.05, 0.1) is 0 Å². The number of aromatic nitrogens is 1. The van der Waals surface area contributed by atoms with Gasteiger partial charge in [-0.05, 0) is 30.2 Å². The molecule has 0 bridgehead atoms. The Hall–Kier alpha value is -1.79. The SMILES string of the molecule is CCCc1ccc(NS(=O)(=O)c2c[nH]c(CN)c2)cc1. The number of benzene rings is 1. The topological polar surface area (TPSA) is 88.0 Å². The number of aromatic amines is 1. The normalized spacial score (nSPS) is 11.5. The fourth-order valence-electron chi connectivity index (χ4n) is 1.93. The Morgan fingerprint density at radius 3 is 2.50 bits per heavy atom. The van der Waals surface area contributed by atoms with Crippen LogP contribution in [0.5, 0.6) is 0 Å². The Bertz CT molecular complexity index is 660. The van der Waals surface area contributed by atoms with Gasteiger partial charge in [-0.3, -0.25) is 4.72 Å². The summed E-state index contributed by atoms with van der Waals surface area (Å²) in [5.41, 5.74) is 7.89. The minimum absolute atomic E-state index is 0.190. The quantitative estimate of drug-likeness (QED) is 0.763. The van der Waals surface area contributed by atoms with Crippen molar-refractivity contribution in [1.29, 1.82) is 0 Å². The Morgan fingerprint density at radius 2 is 1.95 bits per heavy atom. The molecule has 0 aliphatic carbocycles. The van der Waals surface area contributed by atoms with Crippen LogP contribution in [0, 0.1) is 0 Å². The molecular weight excluding hydrogens is 274 g/mol. The lowest BCUT2D eigenvalue weighted by atomic mass is 10.1. The van der Waals surface area contributed by atoms with Crippen molar-refractivity contribution in [2.75, 3.05) is 4.72 Å². The predicted octanol–water partition coefficient (Wildman–Crippen LogP) is 2.23. The van der Waals surface area contributed by atoms with Crippen molar-refractivity contribution in [3.8, 4) is 0 Å². The van der Waals surface area contributed by atoms with Crippen LogP contribution in [0.4, 0.5) is 5.69 Å². The molecule has 20 heavy (non-hydrogen) atoms. The van der Waals surface area contributed by atoms with Gasteiger partial charge in [0.15, 0.2) is 0 Å². The van der Waals surface area contributed by atoms with Crippen molar-refractivity contribution >= 4 is 15.7 Å². The minimum Gasteiger partial charge on any atom is -0.363 e. The Kier molecular flexibility index (Phi) is 4.46. The standard InChI is InChI=1S/C14H19N3O2S/c1-2-3-11-4-6-12(7-5-11)17-20(18,19)14-8-13(9-15)16-10-14/h4-8,10,16-17H,2-3,9,15H2,1H3. The number of anilines is 1. The summed E-state index contributed by atoms with van der Waals surface area (Å²) in [6.45, 7) is 2.39. The van der Waals surface area contributed by atoms with Crippen molar-refractivity contribution < 1.29 is 8.42 Å². The summed E-state index contributed by atoms with van der Waals surface area (Å²) < 4.78 is 26.9. The van der Waals surface area contributed by atoms with Crippen LogP contribution in [0.25, 0.3) is 0 Å².